The van der Waals surface area contributed by atoms with Gasteiger partial charge < -0.3 is 10.1 Å². The third kappa shape index (κ3) is 4.55. The molecular weight excluding hydrogens is 364 g/mol. The number of morpholine rings is 1. The van der Waals surface area contributed by atoms with Crippen LogP contribution >= 0.6 is 0 Å². The van der Waals surface area contributed by atoms with Crippen molar-refractivity contribution in [2.45, 2.75) is 24.8 Å². The Morgan fingerprint density at radius 3 is 2.22 bits per heavy atom. The predicted molar refractivity (Wildman–Crippen MR) is 103 cm³/mol. The molecular formula is C20H24N2O4S. The zero-order valence-electron chi connectivity index (χ0n) is 15.5. The van der Waals surface area contributed by atoms with Gasteiger partial charge in [0.2, 0.25) is 10.0 Å². The Morgan fingerprint density at radius 2 is 1.63 bits per heavy atom. The zero-order valence-corrected chi connectivity index (χ0v) is 16.3. The van der Waals surface area contributed by atoms with E-state index >= 15 is 0 Å². The van der Waals surface area contributed by atoms with Gasteiger partial charge in [-0.15, -0.1) is 0 Å². The van der Waals surface area contributed by atoms with Crippen molar-refractivity contribution in [2.75, 3.05) is 26.3 Å². The Kier molecular flexibility index (Phi) is 5.94. The van der Waals surface area contributed by atoms with Gasteiger partial charge in [0.05, 0.1) is 24.2 Å². The predicted octanol–water partition coefficient (Wildman–Crippen LogP) is 2.51. The number of nitrogens with zero attached hydrogens (tertiary/aromatic N) is 1. The third-order valence-corrected chi connectivity index (χ3v) is 6.56. The first-order chi connectivity index (χ1) is 12.9. The number of carbonyl (C=O) groups excluding carboxylic acids is 1. The zero-order chi connectivity index (χ0) is 19.4. The lowest BCUT2D eigenvalue weighted by Crippen LogP contribution is -2.40. The topological polar surface area (TPSA) is 75.7 Å². The molecule has 3 rings (SSSR count). The lowest BCUT2D eigenvalue weighted by atomic mass is 10.1. The summed E-state index contributed by atoms with van der Waals surface area (Å²) in [4.78, 5) is 12.7. The van der Waals surface area contributed by atoms with Crippen LogP contribution in [-0.2, 0) is 14.8 Å². The normalized spacial score (nSPS) is 16.7. The van der Waals surface area contributed by atoms with Gasteiger partial charge in [-0.05, 0) is 43.7 Å². The maximum Gasteiger partial charge on any atom is 0.251 e. The molecule has 7 heteroatoms. The summed E-state index contributed by atoms with van der Waals surface area (Å²) in [6.07, 6.45) is 0. The van der Waals surface area contributed by atoms with E-state index in [0.29, 0.717) is 31.9 Å². The first kappa shape index (κ1) is 19.5. The SMILES string of the molecule is Cc1ccc([C@@H](C)NC(=O)c2ccc(S(=O)(=O)N3CCOCC3)cc2)cc1. The van der Waals surface area contributed by atoms with E-state index in [1.807, 2.05) is 38.1 Å². The van der Waals surface area contributed by atoms with Crippen molar-refractivity contribution in [3.05, 3.63) is 65.2 Å². The number of hydrogen-bond donors (Lipinski definition) is 1. The highest BCUT2D eigenvalue weighted by molar-refractivity contribution is 7.89. The number of amides is 1. The average Bonchev–Trinajstić information content (AvgIpc) is 2.69. The summed E-state index contributed by atoms with van der Waals surface area (Å²) in [5, 5.41) is 2.94. The molecule has 144 valence electrons. The Bertz CT molecular complexity index is 887. The summed E-state index contributed by atoms with van der Waals surface area (Å²) >= 11 is 0. The molecule has 2 aromatic rings. The number of rotatable bonds is 5. The van der Waals surface area contributed by atoms with Crippen molar-refractivity contribution in [1.29, 1.82) is 0 Å². The van der Waals surface area contributed by atoms with Crippen molar-refractivity contribution >= 4 is 15.9 Å². The van der Waals surface area contributed by atoms with Gasteiger partial charge in [-0.25, -0.2) is 8.42 Å². The lowest BCUT2D eigenvalue weighted by Gasteiger charge is -2.26. The van der Waals surface area contributed by atoms with Crippen LogP contribution in [0.1, 0.15) is 34.5 Å². The van der Waals surface area contributed by atoms with Gasteiger partial charge in [-0.3, -0.25) is 4.79 Å². The van der Waals surface area contributed by atoms with Gasteiger partial charge in [0.25, 0.3) is 5.91 Å². The van der Waals surface area contributed by atoms with Crippen LogP contribution in [0.15, 0.2) is 53.4 Å². The molecule has 0 spiro atoms. The number of sulfonamides is 1. The van der Waals surface area contributed by atoms with Crippen molar-refractivity contribution < 1.29 is 17.9 Å². The highest BCUT2D eigenvalue weighted by Gasteiger charge is 2.26. The largest absolute Gasteiger partial charge is 0.379 e. The molecule has 0 aromatic heterocycles. The van der Waals surface area contributed by atoms with E-state index in [0.717, 1.165) is 11.1 Å². The van der Waals surface area contributed by atoms with Gasteiger partial charge >= 0.3 is 0 Å². The van der Waals surface area contributed by atoms with Crippen LogP contribution in [0, 0.1) is 6.92 Å². The minimum Gasteiger partial charge on any atom is -0.379 e. The minimum absolute atomic E-state index is 0.144. The fourth-order valence-electron chi connectivity index (χ4n) is 2.93. The third-order valence-electron chi connectivity index (χ3n) is 4.65. The molecule has 0 unspecified atom stereocenters. The number of carbonyl (C=O) groups is 1. The van der Waals surface area contributed by atoms with Crippen molar-refractivity contribution in [3.63, 3.8) is 0 Å². The molecule has 1 atom stereocenters. The van der Waals surface area contributed by atoms with Crippen LogP contribution < -0.4 is 5.32 Å². The molecule has 1 amide bonds. The number of hydrogen-bond acceptors (Lipinski definition) is 4. The molecule has 1 aliphatic heterocycles. The molecule has 0 saturated carbocycles. The molecule has 1 fully saturated rings. The fourth-order valence-corrected chi connectivity index (χ4v) is 4.34. The Labute approximate surface area is 160 Å². The second-order valence-electron chi connectivity index (χ2n) is 6.65. The molecule has 1 heterocycles. The molecule has 0 aliphatic carbocycles. The monoisotopic (exact) mass is 388 g/mol. The van der Waals surface area contributed by atoms with Crippen LogP contribution in [0.5, 0.6) is 0 Å². The maximum atomic E-state index is 12.6. The Morgan fingerprint density at radius 1 is 1.04 bits per heavy atom. The molecule has 1 N–H and O–H groups in total. The first-order valence-electron chi connectivity index (χ1n) is 8.93. The average molecular weight is 388 g/mol. The van der Waals surface area contributed by atoms with Crippen LogP contribution in [0.4, 0.5) is 0 Å². The maximum absolute atomic E-state index is 12.6. The van der Waals surface area contributed by atoms with E-state index in [9.17, 15) is 13.2 Å². The van der Waals surface area contributed by atoms with Crippen molar-refractivity contribution in [1.82, 2.24) is 9.62 Å². The highest BCUT2D eigenvalue weighted by Crippen LogP contribution is 2.19. The van der Waals surface area contributed by atoms with Gasteiger partial charge in [0, 0.05) is 18.7 Å². The van der Waals surface area contributed by atoms with Crippen LogP contribution in [0.3, 0.4) is 0 Å². The molecule has 1 aliphatic rings. The van der Waals surface area contributed by atoms with E-state index < -0.39 is 10.0 Å². The Hall–Kier alpha value is -2.22. The summed E-state index contributed by atoms with van der Waals surface area (Å²) < 4.78 is 31.9. The summed E-state index contributed by atoms with van der Waals surface area (Å²) in [5.74, 6) is -0.238. The van der Waals surface area contributed by atoms with Crippen molar-refractivity contribution in [3.8, 4) is 0 Å². The number of nitrogens with one attached hydrogen (secondary N) is 1. The summed E-state index contributed by atoms with van der Waals surface area (Å²) in [5.41, 5.74) is 2.60. The fraction of sp³-hybridized carbons (Fsp3) is 0.350. The standard InChI is InChI=1S/C20H24N2O4S/c1-15-3-5-17(6-4-15)16(2)21-20(23)18-7-9-19(10-8-18)27(24,25)22-11-13-26-14-12-22/h3-10,16H,11-14H2,1-2H3,(H,21,23)/t16-/m1/s1. The highest BCUT2D eigenvalue weighted by atomic mass is 32.2. The summed E-state index contributed by atoms with van der Waals surface area (Å²) in [7, 11) is -3.55. The minimum atomic E-state index is -3.55. The number of ether oxygens (including phenoxy) is 1. The molecule has 2 aromatic carbocycles. The van der Waals surface area contributed by atoms with Gasteiger partial charge in [0.1, 0.15) is 0 Å². The van der Waals surface area contributed by atoms with Crippen LogP contribution in [-0.4, -0.2) is 44.9 Å². The summed E-state index contributed by atoms with van der Waals surface area (Å²) in [6, 6.07) is 13.9. The number of aryl methyl sites for hydroxylation is 1. The molecule has 1 saturated heterocycles. The van der Waals surface area contributed by atoms with E-state index in [2.05, 4.69) is 5.32 Å². The van der Waals surface area contributed by atoms with Gasteiger partial charge in [-0.1, -0.05) is 29.8 Å². The quantitative estimate of drug-likeness (QED) is 0.854. The van der Waals surface area contributed by atoms with Gasteiger partial charge in [0.15, 0.2) is 0 Å². The van der Waals surface area contributed by atoms with Gasteiger partial charge in [-0.2, -0.15) is 4.31 Å². The van der Waals surface area contributed by atoms with Crippen molar-refractivity contribution in [2.24, 2.45) is 0 Å². The lowest BCUT2D eigenvalue weighted by molar-refractivity contribution is 0.0730. The van der Waals surface area contributed by atoms with E-state index in [1.54, 1.807) is 12.1 Å². The molecule has 6 nitrogen and oxygen atoms in total. The first-order valence-corrected chi connectivity index (χ1v) is 10.4. The van der Waals surface area contributed by atoms with E-state index in [4.69, 9.17) is 4.74 Å². The summed E-state index contributed by atoms with van der Waals surface area (Å²) in [6.45, 7) is 5.42. The second kappa shape index (κ2) is 8.21. The van der Waals surface area contributed by atoms with E-state index in [-0.39, 0.29) is 16.8 Å². The van der Waals surface area contributed by atoms with Crippen LogP contribution in [0.25, 0.3) is 0 Å². The molecule has 0 radical (unpaired) electrons. The number of benzene rings is 2. The van der Waals surface area contributed by atoms with Crippen LogP contribution in [0.2, 0.25) is 0 Å². The smallest absolute Gasteiger partial charge is 0.251 e. The Balaban J connectivity index is 1.69. The van der Waals surface area contributed by atoms with E-state index in [1.165, 1.54) is 16.4 Å². The second-order valence-corrected chi connectivity index (χ2v) is 8.58. The molecule has 0 bridgehead atoms. The molecule has 27 heavy (non-hydrogen) atoms.